The lowest BCUT2D eigenvalue weighted by molar-refractivity contribution is 0.151. The van der Waals surface area contributed by atoms with E-state index < -0.39 is 0 Å². The second-order valence-corrected chi connectivity index (χ2v) is 4.85. The van der Waals surface area contributed by atoms with E-state index in [4.69, 9.17) is 6.42 Å². The Kier molecular flexibility index (Phi) is 3.66. The van der Waals surface area contributed by atoms with Crippen LogP contribution in [0.2, 0.25) is 0 Å². The topological polar surface area (TPSA) is 15.3 Å². The van der Waals surface area contributed by atoms with E-state index in [2.05, 4.69) is 23.1 Å². The molecule has 1 N–H and O–H groups in total. The van der Waals surface area contributed by atoms with E-state index in [1.54, 1.807) is 0 Å². The molecule has 2 rings (SSSR count). The predicted molar refractivity (Wildman–Crippen MR) is 63.7 cm³/mol. The van der Waals surface area contributed by atoms with Crippen molar-refractivity contribution in [1.29, 1.82) is 0 Å². The van der Waals surface area contributed by atoms with E-state index in [-0.39, 0.29) is 0 Å². The monoisotopic (exact) mass is 206 g/mol. The van der Waals surface area contributed by atoms with E-state index in [0.29, 0.717) is 0 Å². The number of nitrogens with zero attached hydrogens (tertiary/aromatic N) is 1. The van der Waals surface area contributed by atoms with Gasteiger partial charge in [-0.2, -0.15) is 0 Å². The number of fused-ring (bicyclic) bond motifs is 2. The van der Waals surface area contributed by atoms with Crippen molar-refractivity contribution in [3.05, 3.63) is 0 Å². The van der Waals surface area contributed by atoms with Gasteiger partial charge < -0.3 is 5.32 Å². The molecule has 0 amide bonds. The zero-order valence-electron chi connectivity index (χ0n) is 9.71. The highest BCUT2D eigenvalue weighted by molar-refractivity contribution is 4.96. The van der Waals surface area contributed by atoms with Crippen LogP contribution < -0.4 is 5.32 Å². The molecule has 0 aromatic carbocycles. The molecular formula is C13H22N2. The molecule has 0 aliphatic carbocycles. The van der Waals surface area contributed by atoms with E-state index >= 15 is 0 Å². The second-order valence-electron chi connectivity index (χ2n) is 4.85. The predicted octanol–water partition coefficient (Wildman–Crippen LogP) is 1.61. The highest BCUT2D eigenvalue weighted by Gasteiger charge is 2.35. The third-order valence-electron chi connectivity index (χ3n) is 3.91. The maximum Gasteiger partial charge on any atom is 0.0214 e. The fourth-order valence-electron chi connectivity index (χ4n) is 3.13. The van der Waals surface area contributed by atoms with Gasteiger partial charge in [0.1, 0.15) is 0 Å². The summed E-state index contributed by atoms with van der Waals surface area (Å²) in [5.41, 5.74) is 0. The third kappa shape index (κ3) is 2.53. The third-order valence-corrected chi connectivity index (χ3v) is 3.91. The molecule has 2 bridgehead atoms. The standard InChI is InChI=1S/C13H22N2/c1-3-5-8-15(4-2)13-9-11-6-7-12(10-13)14-11/h1,11-14H,4-10H2,2H3. The Morgan fingerprint density at radius 1 is 1.33 bits per heavy atom. The second kappa shape index (κ2) is 5.01. The smallest absolute Gasteiger partial charge is 0.0214 e. The average Bonchev–Trinajstić information content (AvgIpc) is 2.59. The Morgan fingerprint density at radius 2 is 2.00 bits per heavy atom. The van der Waals surface area contributed by atoms with Crippen LogP contribution in [0.5, 0.6) is 0 Å². The lowest BCUT2D eigenvalue weighted by Crippen LogP contribution is -2.48. The van der Waals surface area contributed by atoms with E-state index in [0.717, 1.165) is 37.6 Å². The number of hydrogen-bond acceptors (Lipinski definition) is 2. The van der Waals surface area contributed by atoms with Crippen LogP contribution in [0, 0.1) is 12.3 Å². The minimum atomic E-state index is 0.780. The molecule has 0 aromatic rings. The molecule has 2 nitrogen and oxygen atoms in total. The van der Waals surface area contributed by atoms with Crippen LogP contribution in [0.3, 0.4) is 0 Å². The van der Waals surface area contributed by atoms with E-state index in [1.807, 2.05) is 0 Å². The van der Waals surface area contributed by atoms with Crippen molar-refractivity contribution in [1.82, 2.24) is 10.2 Å². The number of piperidine rings is 1. The van der Waals surface area contributed by atoms with Crippen molar-refractivity contribution in [2.24, 2.45) is 0 Å². The van der Waals surface area contributed by atoms with Gasteiger partial charge in [-0.3, -0.25) is 4.90 Å². The van der Waals surface area contributed by atoms with Crippen LogP contribution >= 0.6 is 0 Å². The fraction of sp³-hybridized carbons (Fsp3) is 0.846. The molecule has 84 valence electrons. The lowest BCUT2D eigenvalue weighted by Gasteiger charge is -2.37. The molecule has 15 heavy (non-hydrogen) atoms. The van der Waals surface area contributed by atoms with Gasteiger partial charge in [0.2, 0.25) is 0 Å². The van der Waals surface area contributed by atoms with E-state index in [1.165, 1.54) is 25.7 Å². The summed E-state index contributed by atoms with van der Waals surface area (Å²) < 4.78 is 0. The quantitative estimate of drug-likeness (QED) is 0.703. The van der Waals surface area contributed by atoms with Crippen LogP contribution in [0.4, 0.5) is 0 Å². The summed E-state index contributed by atoms with van der Waals surface area (Å²) in [4.78, 5) is 2.58. The molecule has 2 heterocycles. The van der Waals surface area contributed by atoms with Crippen molar-refractivity contribution in [3.63, 3.8) is 0 Å². The average molecular weight is 206 g/mol. The summed E-state index contributed by atoms with van der Waals surface area (Å²) in [7, 11) is 0. The number of rotatable bonds is 4. The summed E-state index contributed by atoms with van der Waals surface area (Å²) in [5, 5.41) is 3.69. The minimum absolute atomic E-state index is 0.780. The summed E-state index contributed by atoms with van der Waals surface area (Å²) in [5.74, 6) is 2.75. The van der Waals surface area contributed by atoms with Gasteiger partial charge in [0.25, 0.3) is 0 Å². The largest absolute Gasteiger partial charge is 0.311 e. The van der Waals surface area contributed by atoms with Gasteiger partial charge in [-0.05, 0) is 32.2 Å². The van der Waals surface area contributed by atoms with Crippen molar-refractivity contribution in [2.45, 2.75) is 57.2 Å². The molecule has 0 spiro atoms. The Morgan fingerprint density at radius 3 is 2.53 bits per heavy atom. The van der Waals surface area contributed by atoms with Gasteiger partial charge in [0, 0.05) is 31.1 Å². The van der Waals surface area contributed by atoms with Crippen LogP contribution in [-0.2, 0) is 0 Å². The number of terminal acetylenes is 1. The van der Waals surface area contributed by atoms with Crippen LogP contribution in [0.15, 0.2) is 0 Å². The molecule has 2 atom stereocenters. The summed E-state index contributed by atoms with van der Waals surface area (Å²) >= 11 is 0. The first-order valence-electron chi connectivity index (χ1n) is 6.27. The van der Waals surface area contributed by atoms with Crippen LogP contribution in [0.25, 0.3) is 0 Å². The van der Waals surface area contributed by atoms with Crippen molar-refractivity contribution in [2.75, 3.05) is 13.1 Å². The highest BCUT2D eigenvalue weighted by atomic mass is 15.2. The number of nitrogens with one attached hydrogen (secondary N) is 1. The van der Waals surface area contributed by atoms with Gasteiger partial charge in [-0.15, -0.1) is 12.3 Å². The zero-order valence-corrected chi connectivity index (χ0v) is 9.71. The van der Waals surface area contributed by atoms with Crippen molar-refractivity contribution < 1.29 is 0 Å². The maximum atomic E-state index is 5.34. The first-order valence-corrected chi connectivity index (χ1v) is 6.27. The van der Waals surface area contributed by atoms with E-state index in [9.17, 15) is 0 Å². The Balaban J connectivity index is 1.88. The van der Waals surface area contributed by atoms with Crippen molar-refractivity contribution >= 4 is 0 Å². The van der Waals surface area contributed by atoms with Gasteiger partial charge >= 0.3 is 0 Å². The molecule has 2 aliphatic rings. The normalized spacial score (nSPS) is 34.3. The van der Waals surface area contributed by atoms with Gasteiger partial charge in [-0.25, -0.2) is 0 Å². The Labute approximate surface area is 93.4 Å². The lowest BCUT2D eigenvalue weighted by atomic mass is 9.98. The Bertz CT molecular complexity index is 231. The zero-order chi connectivity index (χ0) is 10.7. The highest BCUT2D eigenvalue weighted by Crippen LogP contribution is 2.29. The maximum absolute atomic E-state index is 5.34. The van der Waals surface area contributed by atoms with Crippen molar-refractivity contribution in [3.8, 4) is 12.3 Å². The number of hydrogen-bond donors (Lipinski definition) is 1. The first kappa shape index (κ1) is 11.0. The molecule has 2 unspecified atom stereocenters. The summed E-state index contributed by atoms with van der Waals surface area (Å²) in [6.07, 6.45) is 11.7. The van der Waals surface area contributed by atoms with Crippen LogP contribution in [-0.4, -0.2) is 36.1 Å². The summed E-state index contributed by atoms with van der Waals surface area (Å²) in [6.45, 7) is 4.48. The van der Waals surface area contributed by atoms with Crippen LogP contribution in [0.1, 0.15) is 39.0 Å². The molecule has 2 saturated heterocycles. The van der Waals surface area contributed by atoms with Gasteiger partial charge in [0.05, 0.1) is 0 Å². The SMILES string of the molecule is C#CCCN(CC)C1CC2CCC(C1)N2. The molecular weight excluding hydrogens is 184 g/mol. The summed E-state index contributed by atoms with van der Waals surface area (Å²) in [6, 6.07) is 2.35. The molecule has 0 radical (unpaired) electrons. The van der Waals surface area contributed by atoms with Gasteiger partial charge in [-0.1, -0.05) is 6.92 Å². The fourth-order valence-corrected chi connectivity index (χ4v) is 3.13. The molecule has 0 aromatic heterocycles. The molecule has 2 aliphatic heterocycles. The molecule has 0 saturated carbocycles. The minimum Gasteiger partial charge on any atom is -0.311 e. The molecule has 2 fully saturated rings. The first-order chi connectivity index (χ1) is 7.33. The van der Waals surface area contributed by atoms with Gasteiger partial charge in [0.15, 0.2) is 0 Å². The molecule has 2 heteroatoms. The Hall–Kier alpha value is -0.520.